The van der Waals surface area contributed by atoms with Gasteiger partial charge in [0, 0.05) is 6.54 Å². The number of hydrogen-bond acceptors (Lipinski definition) is 5. The molecule has 2 rings (SSSR count). The normalized spacial score (nSPS) is 15.0. The third-order valence-electron chi connectivity index (χ3n) is 3.45. The van der Waals surface area contributed by atoms with Crippen LogP contribution in [0.25, 0.3) is 0 Å². The molecule has 1 fully saturated rings. The van der Waals surface area contributed by atoms with E-state index in [0.717, 1.165) is 30.9 Å². The van der Waals surface area contributed by atoms with Gasteiger partial charge in [-0.25, -0.2) is 4.79 Å². The number of anilines is 1. The fraction of sp³-hybridized carbons (Fsp3) is 0.615. The first-order valence-electron chi connectivity index (χ1n) is 7.18. The van der Waals surface area contributed by atoms with Crippen LogP contribution in [0.3, 0.4) is 0 Å². The number of nitrogens with two attached hydrogens (primary N) is 1. The first kappa shape index (κ1) is 15.7. The summed E-state index contributed by atoms with van der Waals surface area (Å²) >= 11 is 1.04. The molecule has 0 saturated carbocycles. The predicted molar refractivity (Wildman–Crippen MR) is 82.6 cm³/mol. The number of likely N-dealkylation sites (tertiary alicyclic amines) is 1. The second-order valence-electron chi connectivity index (χ2n) is 5.07. The molecule has 0 atom stereocenters. The van der Waals surface area contributed by atoms with Crippen LogP contribution < -0.4 is 16.4 Å². The molecule has 2 heterocycles. The van der Waals surface area contributed by atoms with E-state index in [1.807, 2.05) is 0 Å². The number of primary amides is 1. The first-order valence-corrected chi connectivity index (χ1v) is 7.96. The van der Waals surface area contributed by atoms with Gasteiger partial charge in [0.2, 0.25) is 0 Å². The molecule has 1 saturated heterocycles. The standard InChI is InChI=1S/C13H21N5O2S/c14-11(19)10-9-16-21-12(10)17-13(20)15-5-1-2-6-18-7-3-4-8-18/h9H,1-8H2,(H2,14,19)(H2,15,17,20). The van der Waals surface area contributed by atoms with Gasteiger partial charge < -0.3 is 16.0 Å². The summed E-state index contributed by atoms with van der Waals surface area (Å²) in [4.78, 5) is 25.3. The van der Waals surface area contributed by atoms with Gasteiger partial charge >= 0.3 is 6.03 Å². The molecule has 0 aromatic carbocycles. The number of nitrogens with one attached hydrogen (secondary N) is 2. The Morgan fingerprint density at radius 2 is 2.10 bits per heavy atom. The Labute approximate surface area is 128 Å². The molecule has 116 valence electrons. The zero-order chi connectivity index (χ0) is 15.1. The van der Waals surface area contributed by atoms with E-state index in [1.165, 1.54) is 32.1 Å². The Hall–Kier alpha value is -1.67. The molecule has 0 bridgehead atoms. The maximum Gasteiger partial charge on any atom is 0.319 e. The summed E-state index contributed by atoms with van der Waals surface area (Å²) < 4.78 is 3.84. The van der Waals surface area contributed by atoms with Crippen molar-refractivity contribution in [1.82, 2.24) is 14.6 Å². The molecular formula is C13H21N5O2S. The lowest BCUT2D eigenvalue weighted by atomic mass is 10.3. The predicted octanol–water partition coefficient (Wildman–Crippen LogP) is 1.24. The maximum absolute atomic E-state index is 11.7. The number of nitrogens with zero attached hydrogens (tertiary/aromatic N) is 2. The summed E-state index contributed by atoms with van der Waals surface area (Å²) in [6, 6.07) is -0.331. The van der Waals surface area contributed by atoms with Gasteiger partial charge in [-0.1, -0.05) is 0 Å². The molecule has 4 N–H and O–H groups in total. The highest BCUT2D eigenvalue weighted by Crippen LogP contribution is 2.19. The monoisotopic (exact) mass is 311 g/mol. The minimum absolute atomic E-state index is 0.240. The summed E-state index contributed by atoms with van der Waals surface area (Å²) in [6.07, 6.45) is 5.98. The van der Waals surface area contributed by atoms with Crippen LogP contribution in [0.4, 0.5) is 9.80 Å². The van der Waals surface area contributed by atoms with E-state index < -0.39 is 5.91 Å². The number of carbonyl (C=O) groups is 2. The van der Waals surface area contributed by atoms with Crippen LogP contribution >= 0.6 is 11.5 Å². The Morgan fingerprint density at radius 1 is 1.33 bits per heavy atom. The molecule has 0 unspecified atom stereocenters. The minimum Gasteiger partial charge on any atom is -0.365 e. The quantitative estimate of drug-likeness (QED) is 0.659. The average Bonchev–Trinajstić information content (AvgIpc) is 3.09. The molecule has 3 amide bonds. The highest BCUT2D eigenvalue weighted by atomic mass is 32.1. The third kappa shape index (κ3) is 4.98. The van der Waals surface area contributed by atoms with Gasteiger partial charge in [-0.05, 0) is 56.9 Å². The first-order chi connectivity index (χ1) is 10.2. The number of amides is 3. The number of carbonyl (C=O) groups excluding carboxylic acids is 2. The highest BCUT2D eigenvalue weighted by Gasteiger charge is 2.13. The van der Waals surface area contributed by atoms with Crippen molar-refractivity contribution in [3.8, 4) is 0 Å². The van der Waals surface area contributed by atoms with Crippen molar-refractivity contribution in [1.29, 1.82) is 0 Å². The Kier molecular flexibility index (Phi) is 5.94. The van der Waals surface area contributed by atoms with Crippen LogP contribution in [0.15, 0.2) is 6.20 Å². The topological polar surface area (TPSA) is 100 Å². The Bertz CT molecular complexity index is 485. The second kappa shape index (κ2) is 7.94. The van der Waals surface area contributed by atoms with Crippen LogP contribution in [0.1, 0.15) is 36.0 Å². The Morgan fingerprint density at radius 3 is 2.81 bits per heavy atom. The molecule has 1 aromatic heterocycles. The number of aromatic nitrogens is 1. The number of rotatable bonds is 7. The van der Waals surface area contributed by atoms with Crippen molar-refractivity contribution in [3.63, 3.8) is 0 Å². The van der Waals surface area contributed by atoms with Crippen LogP contribution in [-0.2, 0) is 0 Å². The summed E-state index contributed by atoms with van der Waals surface area (Å²) in [5.41, 5.74) is 5.43. The van der Waals surface area contributed by atoms with Crippen molar-refractivity contribution in [2.24, 2.45) is 5.73 Å². The molecule has 8 heteroatoms. The molecular weight excluding hydrogens is 290 g/mol. The lowest BCUT2D eigenvalue weighted by molar-refractivity contribution is 0.100. The van der Waals surface area contributed by atoms with Crippen LogP contribution in [0.2, 0.25) is 0 Å². The SMILES string of the molecule is NC(=O)c1cnsc1NC(=O)NCCCCN1CCCC1. The van der Waals surface area contributed by atoms with E-state index in [9.17, 15) is 9.59 Å². The maximum atomic E-state index is 11.7. The van der Waals surface area contributed by atoms with Crippen LogP contribution in [0.5, 0.6) is 0 Å². The average molecular weight is 311 g/mol. The molecule has 1 aromatic rings. The molecule has 0 spiro atoms. The molecule has 1 aliphatic heterocycles. The van der Waals surface area contributed by atoms with E-state index in [1.54, 1.807) is 0 Å². The minimum atomic E-state index is -0.593. The summed E-state index contributed by atoms with van der Waals surface area (Å²) in [6.45, 7) is 4.12. The van der Waals surface area contributed by atoms with Crippen LogP contribution in [-0.4, -0.2) is 47.4 Å². The van der Waals surface area contributed by atoms with E-state index in [4.69, 9.17) is 5.73 Å². The molecule has 21 heavy (non-hydrogen) atoms. The van der Waals surface area contributed by atoms with Gasteiger partial charge in [0.25, 0.3) is 5.91 Å². The van der Waals surface area contributed by atoms with Gasteiger partial charge in [-0.3, -0.25) is 10.1 Å². The van der Waals surface area contributed by atoms with Crippen molar-refractivity contribution in [3.05, 3.63) is 11.8 Å². The van der Waals surface area contributed by atoms with Crippen molar-refractivity contribution in [2.45, 2.75) is 25.7 Å². The Balaban J connectivity index is 1.61. The number of hydrogen-bond donors (Lipinski definition) is 3. The van der Waals surface area contributed by atoms with Crippen molar-refractivity contribution < 1.29 is 9.59 Å². The molecule has 7 nitrogen and oxygen atoms in total. The van der Waals surface area contributed by atoms with E-state index in [-0.39, 0.29) is 11.6 Å². The van der Waals surface area contributed by atoms with Crippen LogP contribution in [0, 0.1) is 0 Å². The van der Waals surface area contributed by atoms with Gasteiger partial charge in [-0.2, -0.15) is 4.37 Å². The molecule has 0 radical (unpaired) electrons. The van der Waals surface area contributed by atoms with Gasteiger partial charge in [-0.15, -0.1) is 0 Å². The summed E-state index contributed by atoms with van der Waals surface area (Å²) in [5, 5.41) is 5.76. The van der Waals surface area contributed by atoms with E-state index in [0.29, 0.717) is 11.5 Å². The summed E-state index contributed by atoms with van der Waals surface area (Å²) in [7, 11) is 0. The fourth-order valence-electron chi connectivity index (χ4n) is 2.32. The van der Waals surface area contributed by atoms with Gasteiger partial charge in [0.15, 0.2) is 0 Å². The van der Waals surface area contributed by atoms with E-state index in [2.05, 4.69) is 19.9 Å². The zero-order valence-electron chi connectivity index (χ0n) is 11.9. The van der Waals surface area contributed by atoms with Gasteiger partial charge in [0.1, 0.15) is 5.00 Å². The van der Waals surface area contributed by atoms with Crippen molar-refractivity contribution in [2.75, 3.05) is 31.5 Å². The smallest absolute Gasteiger partial charge is 0.319 e. The second-order valence-corrected chi connectivity index (χ2v) is 5.87. The molecule has 0 aliphatic carbocycles. The number of urea groups is 1. The van der Waals surface area contributed by atoms with Gasteiger partial charge in [0.05, 0.1) is 11.8 Å². The number of unbranched alkanes of at least 4 members (excludes halogenated alkanes) is 1. The third-order valence-corrected chi connectivity index (χ3v) is 4.16. The lowest BCUT2D eigenvalue weighted by Gasteiger charge is -2.14. The van der Waals surface area contributed by atoms with Crippen molar-refractivity contribution >= 4 is 28.5 Å². The fourth-order valence-corrected chi connectivity index (χ4v) is 2.97. The van der Waals surface area contributed by atoms with E-state index >= 15 is 0 Å². The molecule has 1 aliphatic rings. The highest BCUT2D eigenvalue weighted by molar-refractivity contribution is 7.10. The largest absolute Gasteiger partial charge is 0.365 e. The lowest BCUT2D eigenvalue weighted by Crippen LogP contribution is -2.30. The summed E-state index contributed by atoms with van der Waals surface area (Å²) in [5.74, 6) is -0.593. The zero-order valence-corrected chi connectivity index (χ0v) is 12.7.